The highest BCUT2D eigenvalue weighted by molar-refractivity contribution is 6.06. The molecule has 4 heteroatoms. The van der Waals surface area contributed by atoms with Gasteiger partial charge in [0.25, 0.3) is 5.91 Å². The van der Waals surface area contributed by atoms with Crippen LogP contribution in [-0.4, -0.2) is 40.4 Å². The van der Waals surface area contributed by atoms with Crippen molar-refractivity contribution in [2.45, 2.75) is 19.4 Å². The topological polar surface area (TPSA) is 40.6 Å². The van der Waals surface area contributed by atoms with E-state index in [-0.39, 0.29) is 19.0 Å². The highest BCUT2D eigenvalue weighted by Gasteiger charge is 2.50. The fraction of sp³-hybridized carbons (Fsp3) is 0.455. The summed E-state index contributed by atoms with van der Waals surface area (Å²) in [5, 5.41) is 0. The van der Waals surface area contributed by atoms with Crippen molar-refractivity contribution in [3.05, 3.63) is 0 Å². The van der Waals surface area contributed by atoms with Gasteiger partial charge in [0.05, 0.1) is 13.1 Å². The second-order valence-corrected chi connectivity index (χ2v) is 3.73. The van der Waals surface area contributed by atoms with Gasteiger partial charge in [-0.25, -0.2) is 4.79 Å². The van der Waals surface area contributed by atoms with Crippen LogP contribution in [0.15, 0.2) is 0 Å². The van der Waals surface area contributed by atoms with Crippen molar-refractivity contribution in [2.24, 2.45) is 0 Å². The summed E-state index contributed by atoms with van der Waals surface area (Å²) < 4.78 is 0. The van der Waals surface area contributed by atoms with Gasteiger partial charge in [-0.3, -0.25) is 14.6 Å². The average Bonchev–Trinajstić information content (AvgIpc) is 2.33. The van der Waals surface area contributed by atoms with Gasteiger partial charge < -0.3 is 0 Å². The minimum Gasteiger partial charge on any atom is -0.299 e. The summed E-state index contributed by atoms with van der Waals surface area (Å²) in [5.41, 5.74) is -0.902. The van der Waals surface area contributed by atoms with Crippen molar-refractivity contribution < 1.29 is 9.59 Å². The molecule has 0 aromatic heterocycles. The Bertz CT molecular complexity index is 384. The molecule has 1 aliphatic heterocycles. The van der Waals surface area contributed by atoms with Crippen LogP contribution < -0.4 is 0 Å². The van der Waals surface area contributed by atoms with Crippen LogP contribution in [0.4, 0.5) is 4.79 Å². The first-order valence-corrected chi connectivity index (χ1v) is 4.47. The Morgan fingerprint density at radius 3 is 2.20 bits per heavy atom. The number of carbonyl (C=O) groups is 2. The highest BCUT2D eigenvalue weighted by atomic mass is 16.2. The number of urea groups is 1. The molecule has 1 aliphatic rings. The lowest BCUT2D eigenvalue weighted by Crippen LogP contribution is -2.44. The zero-order chi connectivity index (χ0) is 11.6. The largest absolute Gasteiger partial charge is 0.329 e. The van der Waals surface area contributed by atoms with Crippen LogP contribution in [0, 0.1) is 24.7 Å². The van der Waals surface area contributed by atoms with E-state index in [9.17, 15) is 9.59 Å². The summed E-state index contributed by atoms with van der Waals surface area (Å²) in [7, 11) is 0. The van der Waals surface area contributed by atoms with Crippen LogP contribution in [0.5, 0.6) is 0 Å². The van der Waals surface area contributed by atoms with Crippen molar-refractivity contribution in [3.63, 3.8) is 0 Å². The number of imide groups is 1. The fourth-order valence-electron chi connectivity index (χ4n) is 1.50. The second-order valence-electron chi connectivity index (χ2n) is 3.73. The van der Waals surface area contributed by atoms with Gasteiger partial charge in [0.2, 0.25) is 0 Å². The number of hydrogen-bond donors (Lipinski definition) is 0. The molecule has 0 atom stereocenters. The number of amides is 3. The minimum absolute atomic E-state index is 0.0117. The molecule has 1 fully saturated rings. The van der Waals surface area contributed by atoms with E-state index in [1.54, 1.807) is 13.8 Å². The smallest absolute Gasteiger partial charge is 0.299 e. The molecule has 78 valence electrons. The first-order valence-electron chi connectivity index (χ1n) is 4.47. The summed E-state index contributed by atoms with van der Waals surface area (Å²) in [6.07, 6.45) is 10.2. The molecule has 0 unspecified atom stereocenters. The molecule has 4 nitrogen and oxygen atoms in total. The van der Waals surface area contributed by atoms with Gasteiger partial charge in [0, 0.05) is 0 Å². The summed E-state index contributed by atoms with van der Waals surface area (Å²) in [4.78, 5) is 25.9. The molecule has 15 heavy (non-hydrogen) atoms. The van der Waals surface area contributed by atoms with E-state index in [0.29, 0.717) is 0 Å². The maximum atomic E-state index is 11.8. The van der Waals surface area contributed by atoms with Crippen LogP contribution >= 0.6 is 0 Å². The number of terminal acetylenes is 2. The number of nitrogens with zero attached hydrogens (tertiary/aromatic N) is 2. The molecule has 3 amide bonds. The van der Waals surface area contributed by atoms with Crippen LogP contribution in [0.1, 0.15) is 13.8 Å². The first kappa shape index (κ1) is 11.1. The molecule has 0 aromatic carbocycles. The Hall–Kier alpha value is -1.94. The summed E-state index contributed by atoms with van der Waals surface area (Å²) >= 11 is 0. The van der Waals surface area contributed by atoms with Gasteiger partial charge in [0.1, 0.15) is 5.54 Å². The Morgan fingerprint density at radius 1 is 1.20 bits per heavy atom. The fourth-order valence-corrected chi connectivity index (χ4v) is 1.50. The first-order chi connectivity index (χ1) is 6.96. The van der Waals surface area contributed by atoms with Gasteiger partial charge in [0.15, 0.2) is 0 Å². The lowest BCUT2D eigenvalue weighted by Gasteiger charge is -2.25. The predicted molar refractivity (Wildman–Crippen MR) is 55.6 cm³/mol. The Morgan fingerprint density at radius 2 is 1.73 bits per heavy atom. The molecule has 0 saturated carbocycles. The van der Waals surface area contributed by atoms with Gasteiger partial charge in [-0.2, -0.15) is 0 Å². The Labute approximate surface area is 89.2 Å². The lowest BCUT2D eigenvalue weighted by molar-refractivity contribution is -0.131. The normalized spacial score (nSPS) is 18.9. The third kappa shape index (κ3) is 1.55. The van der Waals surface area contributed by atoms with E-state index in [2.05, 4.69) is 11.8 Å². The minimum atomic E-state index is -0.902. The number of rotatable bonds is 2. The van der Waals surface area contributed by atoms with Gasteiger partial charge >= 0.3 is 6.03 Å². The van der Waals surface area contributed by atoms with Crippen molar-refractivity contribution in [1.82, 2.24) is 9.80 Å². The molecule has 0 aliphatic carbocycles. The van der Waals surface area contributed by atoms with Crippen molar-refractivity contribution in [3.8, 4) is 24.7 Å². The van der Waals surface area contributed by atoms with E-state index in [0.717, 1.165) is 4.90 Å². The Balaban J connectivity index is 3.05. The zero-order valence-corrected chi connectivity index (χ0v) is 8.78. The molecular weight excluding hydrogens is 192 g/mol. The molecule has 0 aromatic rings. The van der Waals surface area contributed by atoms with Gasteiger partial charge in [-0.1, -0.05) is 11.8 Å². The van der Waals surface area contributed by atoms with Crippen LogP contribution in [0.3, 0.4) is 0 Å². The average molecular weight is 204 g/mol. The maximum Gasteiger partial charge on any atom is 0.329 e. The third-order valence-electron chi connectivity index (χ3n) is 2.40. The predicted octanol–water partition coefficient (Wildman–Crippen LogP) is 0.296. The van der Waals surface area contributed by atoms with Crippen molar-refractivity contribution >= 4 is 11.9 Å². The molecule has 1 heterocycles. The Kier molecular flexibility index (Phi) is 2.72. The zero-order valence-electron chi connectivity index (χ0n) is 8.78. The van der Waals surface area contributed by atoms with E-state index in [1.165, 1.54) is 4.90 Å². The van der Waals surface area contributed by atoms with Gasteiger partial charge in [-0.15, -0.1) is 12.8 Å². The van der Waals surface area contributed by atoms with Crippen molar-refractivity contribution in [2.75, 3.05) is 13.1 Å². The van der Waals surface area contributed by atoms with Gasteiger partial charge in [-0.05, 0) is 13.8 Å². The number of hydrogen-bond acceptors (Lipinski definition) is 2. The number of carbonyl (C=O) groups excluding carboxylic acids is 2. The van der Waals surface area contributed by atoms with E-state index in [4.69, 9.17) is 12.8 Å². The SMILES string of the molecule is C#CCN1C(=O)N(CC#C)C(C)(C)C1=O. The molecule has 1 rings (SSSR count). The summed E-state index contributed by atoms with van der Waals surface area (Å²) in [6, 6.07) is -0.416. The van der Waals surface area contributed by atoms with Crippen LogP contribution in [0.2, 0.25) is 0 Å². The molecule has 0 bridgehead atoms. The molecule has 0 N–H and O–H groups in total. The van der Waals surface area contributed by atoms with E-state index < -0.39 is 11.6 Å². The van der Waals surface area contributed by atoms with E-state index >= 15 is 0 Å². The van der Waals surface area contributed by atoms with Crippen LogP contribution in [0.25, 0.3) is 0 Å². The highest BCUT2D eigenvalue weighted by Crippen LogP contribution is 2.26. The summed E-state index contributed by atoms with van der Waals surface area (Å²) in [5.74, 6) is 4.33. The second kappa shape index (κ2) is 3.67. The quantitative estimate of drug-likeness (QED) is 0.479. The standard InChI is InChI=1S/C11H12N2O2/c1-5-7-12-9(14)11(3,4)13(8-6-2)10(12)15/h1-2H,7-8H2,3-4H3. The summed E-state index contributed by atoms with van der Waals surface area (Å²) in [6.45, 7) is 3.41. The monoisotopic (exact) mass is 204 g/mol. The molecule has 1 saturated heterocycles. The van der Waals surface area contributed by atoms with Crippen LogP contribution in [-0.2, 0) is 4.79 Å². The van der Waals surface area contributed by atoms with Crippen molar-refractivity contribution in [1.29, 1.82) is 0 Å². The third-order valence-corrected chi connectivity index (χ3v) is 2.40. The molecule has 0 spiro atoms. The molecule has 0 radical (unpaired) electrons. The maximum absolute atomic E-state index is 11.8. The van der Waals surface area contributed by atoms with E-state index in [1.807, 2.05) is 0 Å². The molecular formula is C11H12N2O2. The lowest BCUT2D eigenvalue weighted by atomic mass is 10.0.